The summed E-state index contributed by atoms with van der Waals surface area (Å²) in [5, 5.41) is 2.92. The van der Waals surface area contributed by atoms with Gasteiger partial charge in [-0.25, -0.2) is 9.83 Å². The molecule has 2 heterocycles. The van der Waals surface area contributed by atoms with Crippen LogP contribution in [0.5, 0.6) is 5.75 Å². The summed E-state index contributed by atoms with van der Waals surface area (Å²) in [4.78, 5) is 37.4. The second-order valence-corrected chi connectivity index (χ2v) is 7.17. The van der Waals surface area contributed by atoms with Crippen molar-refractivity contribution in [2.45, 2.75) is 38.8 Å². The summed E-state index contributed by atoms with van der Waals surface area (Å²) < 4.78 is 6.02. The number of carbonyl (C=O) groups excluding carboxylic acids is 2. The van der Waals surface area contributed by atoms with Gasteiger partial charge in [-0.15, -0.1) is 0 Å². The third kappa shape index (κ3) is 5.23. The smallest absolute Gasteiger partial charge is 0.239 e. The molecule has 0 bridgehead atoms. The normalized spacial score (nSPS) is 15.2. The average molecular weight is 408 g/mol. The molecule has 9 heteroatoms. The van der Waals surface area contributed by atoms with Crippen LogP contribution in [0.25, 0.3) is 4.85 Å². The number of Topliss-reactive ketones (excluding diaryl/α,β-unsaturated/α-hetero) is 1. The molecule has 1 amide bonds. The Morgan fingerprint density at radius 1 is 1.27 bits per heavy atom. The van der Waals surface area contributed by atoms with Crippen LogP contribution in [0.3, 0.4) is 0 Å². The van der Waals surface area contributed by atoms with Gasteiger partial charge in [-0.3, -0.25) is 9.59 Å². The lowest BCUT2D eigenvalue weighted by molar-refractivity contribution is -0.118. The number of hydrogen-bond acceptors (Lipinski definition) is 7. The van der Waals surface area contributed by atoms with Crippen LogP contribution >= 0.6 is 0 Å². The van der Waals surface area contributed by atoms with E-state index in [1.54, 1.807) is 31.2 Å². The Bertz CT molecular complexity index is 962. The molecule has 1 saturated heterocycles. The number of primary amides is 1. The zero-order valence-electron chi connectivity index (χ0n) is 17.0. The Kier molecular flexibility index (Phi) is 6.47. The Balaban J connectivity index is 1.67. The second-order valence-electron chi connectivity index (χ2n) is 7.17. The summed E-state index contributed by atoms with van der Waals surface area (Å²) >= 11 is 0. The molecule has 3 rings (SSSR count). The van der Waals surface area contributed by atoms with Crippen molar-refractivity contribution in [1.29, 1.82) is 0 Å². The third-order valence-electron chi connectivity index (χ3n) is 4.86. The molecule has 1 atom stereocenters. The fourth-order valence-corrected chi connectivity index (χ4v) is 3.09. The first kappa shape index (κ1) is 21.0. The molecule has 30 heavy (non-hydrogen) atoms. The van der Waals surface area contributed by atoms with Crippen molar-refractivity contribution < 1.29 is 14.3 Å². The highest BCUT2D eigenvalue weighted by Gasteiger charge is 2.24. The van der Waals surface area contributed by atoms with E-state index in [1.165, 1.54) is 13.0 Å². The fraction of sp³-hybridized carbons (Fsp3) is 0.381. The molecule has 3 N–H and O–H groups in total. The highest BCUT2D eigenvalue weighted by Crippen LogP contribution is 2.24. The van der Waals surface area contributed by atoms with Crippen molar-refractivity contribution in [2.24, 2.45) is 5.73 Å². The summed E-state index contributed by atoms with van der Waals surface area (Å²) in [6, 6.07) is 7.98. The summed E-state index contributed by atoms with van der Waals surface area (Å²) in [6.45, 7) is 11.4. The van der Waals surface area contributed by atoms with Gasteiger partial charge in [-0.05, 0) is 19.1 Å². The molecule has 0 saturated carbocycles. The average Bonchev–Trinajstić information content (AvgIpc) is 2.74. The molecule has 156 valence electrons. The number of nitrogens with two attached hydrogens (primary N) is 1. The van der Waals surface area contributed by atoms with Gasteiger partial charge in [0.15, 0.2) is 11.5 Å². The second kappa shape index (κ2) is 9.22. The minimum absolute atomic E-state index is 0.0449. The van der Waals surface area contributed by atoms with Gasteiger partial charge in [0.1, 0.15) is 29.4 Å². The van der Waals surface area contributed by atoms with Crippen molar-refractivity contribution in [1.82, 2.24) is 9.97 Å². The number of benzene rings is 1. The van der Waals surface area contributed by atoms with E-state index in [0.717, 1.165) is 18.6 Å². The zero-order chi connectivity index (χ0) is 21.7. The number of ether oxygens (including phenoxy) is 1. The summed E-state index contributed by atoms with van der Waals surface area (Å²) in [5.74, 6) is 0.857. The number of carbonyl (C=O) groups is 2. The van der Waals surface area contributed by atoms with Gasteiger partial charge in [0.25, 0.3) is 0 Å². The number of rotatable bonds is 7. The van der Waals surface area contributed by atoms with Gasteiger partial charge in [0.05, 0.1) is 6.57 Å². The first-order chi connectivity index (χ1) is 14.4. The maximum atomic E-state index is 11.9. The predicted molar refractivity (Wildman–Crippen MR) is 113 cm³/mol. The van der Waals surface area contributed by atoms with Crippen LogP contribution in [0, 0.1) is 6.57 Å². The van der Waals surface area contributed by atoms with Crippen LogP contribution in [-0.4, -0.2) is 46.9 Å². The van der Waals surface area contributed by atoms with E-state index < -0.39 is 11.9 Å². The van der Waals surface area contributed by atoms with E-state index in [-0.39, 0.29) is 17.6 Å². The third-order valence-corrected chi connectivity index (χ3v) is 4.86. The molecule has 1 aromatic heterocycles. The van der Waals surface area contributed by atoms with Crippen molar-refractivity contribution in [3.63, 3.8) is 0 Å². The number of nitrogens with one attached hydrogen (secondary N) is 1. The number of amides is 1. The lowest BCUT2D eigenvalue weighted by Crippen LogP contribution is -2.39. The van der Waals surface area contributed by atoms with Gasteiger partial charge in [-0.1, -0.05) is 12.1 Å². The lowest BCUT2D eigenvalue weighted by Gasteiger charge is -2.32. The molecule has 1 aromatic carbocycles. The van der Waals surface area contributed by atoms with E-state index >= 15 is 0 Å². The minimum Gasteiger partial charge on any atom is -0.490 e. The quantitative estimate of drug-likeness (QED) is 0.534. The van der Waals surface area contributed by atoms with Crippen molar-refractivity contribution in [3.8, 4) is 5.75 Å². The van der Waals surface area contributed by atoms with E-state index in [1.807, 2.05) is 4.90 Å². The first-order valence-corrected chi connectivity index (χ1v) is 9.70. The number of ketones is 1. The largest absolute Gasteiger partial charge is 0.490 e. The van der Waals surface area contributed by atoms with Gasteiger partial charge in [0.2, 0.25) is 11.9 Å². The van der Waals surface area contributed by atoms with Crippen LogP contribution < -0.4 is 20.7 Å². The molecule has 0 spiro atoms. The van der Waals surface area contributed by atoms with Crippen molar-refractivity contribution in [3.05, 3.63) is 47.4 Å². The van der Waals surface area contributed by atoms with Crippen LogP contribution in [0.1, 0.15) is 37.2 Å². The highest BCUT2D eigenvalue weighted by atomic mass is 16.5. The molecule has 2 aromatic rings. The van der Waals surface area contributed by atoms with Crippen molar-refractivity contribution in [2.75, 3.05) is 23.3 Å². The monoisotopic (exact) mass is 408 g/mol. The van der Waals surface area contributed by atoms with Crippen LogP contribution in [0.2, 0.25) is 0 Å². The number of aromatic nitrogens is 2. The van der Waals surface area contributed by atoms with Gasteiger partial charge >= 0.3 is 0 Å². The molecule has 1 fully saturated rings. The molecule has 1 aliphatic heterocycles. The molecule has 9 nitrogen and oxygen atoms in total. The number of nitrogens with zero attached hydrogens (tertiary/aromatic N) is 4. The maximum Gasteiger partial charge on any atom is 0.239 e. The molecule has 0 unspecified atom stereocenters. The SMILES string of the molecule is [C-]#[N+]c1ccc(OC2CCN(c3nc(N[C@@H](C)C(N)=O)cc(C(C)=O)n3)CC2)cc1. The first-order valence-electron chi connectivity index (χ1n) is 9.70. The van der Waals surface area contributed by atoms with E-state index in [0.29, 0.717) is 30.5 Å². The fourth-order valence-electron chi connectivity index (χ4n) is 3.09. The topological polar surface area (TPSA) is 115 Å². The van der Waals surface area contributed by atoms with E-state index in [2.05, 4.69) is 20.1 Å². The van der Waals surface area contributed by atoms with Crippen LogP contribution in [0.15, 0.2) is 30.3 Å². The Labute approximate surface area is 175 Å². The number of anilines is 2. The molecular weight excluding hydrogens is 384 g/mol. The standard InChI is InChI=1S/C21H24N6O3/c1-13(20(22)29)24-19-12-18(14(2)28)25-21(26-19)27-10-8-17(9-11-27)30-16-6-4-15(23-3)5-7-16/h4-7,12-13,17H,8-11H2,1-2H3,(H2,22,29)(H,24,25,26)/t13-/m0/s1. The molecule has 0 radical (unpaired) electrons. The van der Waals surface area contributed by atoms with E-state index in [9.17, 15) is 9.59 Å². The Morgan fingerprint density at radius 3 is 2.50 bits per heavy atom. The minimum atomic E-state index is -0.624. The predicted octanol–water partition coefficient (Wildman–Crippen LogP) is 2.56. The lowest BCUT2D eigenvalue weighted by atomic mass is 10.1. The Hall–Kier alpha value is -3.67. The van der Waals surface area contributed by atoms with Gasteiger partial charge < -0.3 is 20.7 Å². The van der Waals surface area contributed by atoms with Crippen molar-refractivity contribution >= 4 is 29.1 Å². The summed E-state index contributed by atoms with van der Waals surface area (Å²) in [7, 11) is 0. The number of hydrogen-bond donors (Lipinski definition) is 2. The summed E-state index contributed by atoms with van der Waals surface area (Å²) in [6.07, 6.45) is 1.57. The maximum absolute atomic E-state index is 11.9. The number of piperidine rings is 1. The highest BCUT2D eigenvalue weighted by molar-refractivity contribution is 5.93. The van der Waals surface area contributed by atoms with Crippen LogP contribution in [-0.2, 0) is 4.79 Å². The van der Waals surface area contributed by atoms with E-state index in [4.69, 9.17) is 17.0 Å². The van der Waals surface area contributed by atoms with Crippen LogP contribution in [0.4, 0.5) is 17.5 Å². The molecule has 0 aliphatic carbocycles. The summed E-state index contributed by atoms with van der Waals surface area (Å²) in [5.41, 5.74) is 6.16. The molecular formula is C21H24N6O3. The molecule has 1 aliphatic rings. The van der Waals surface area contributed by atoms with Gasteiger partial charge in [-0.2, -0.15) is 4.98 Å². The zero-order valence-corrected chi connectivity index (χ0v) is 17.0. The Morgan fingerprint density at radius 2 is 1.93 bits per heavy atom. The van der Waals surface area contributed by atoms with Gasteiger partial charge in [0, 0.05) is 38.9 Å².